The molecule has 0 radical (unpaired) electrons. The molecular formula is C24H27NO6. The van der Waals surface area contributed by atoms with Crippen LogP contribution in [-0.2, 0) is 11.3 Å². The Morgan fingerprint density at radius 1 is 1.10 bits per heavy atom. The number of carbonyl (C=O) groups is 1. The van der Waals surface area contributed by atoms with Gasteiger partial charge >= 0.3 is 5.97 Å². The van der Waals surface area contributed by atoms with Crippen LogP contribution in [0.15, 0.2) is 42.5 Å². The maximum atomic E-state index is 11.8. The van der Waals surface area contributed by atoms with E-state index >= 15 is 0 Å². The van der Waals surface area contributed by atoms with E-state index in [1.807, 2.05) is 12.1 Å². The van der Waals surface area contributed by atoms with Crippen LogP contribution in [-0.4, -0.2) is 55.2 Å². The molecule has 7 nitrogen and oxygen atoms in total. The molecule has 1 aliphatic carbocycles. The van der Waals surface area contributed by atoms with E-state index in [-0.39, 0.29) is 12.9 Å². The first-order chi connectivity index (χ1) is 15.1. The van der Waals surface area contributed by atoms with Crippen molar-refractivity contribution in [1.82, 2.24) is 4.90 Å². The van der Waals surface area contributed by atoms with Crippen LogP contribution in [0.4, 0.5) is 0 Å². The van der Waals surface area contributed by atoms with Crippen molar-refractivity contribution in [3.8, 4) is 17.2 Å². The number of hydrogen-bond donors (Lipinski definition) is 1. The van der Waals surface area contributed by atoms with Crippen LogP contribution in [0.1, 0.15) is 28.8 Å². The second-order valence-corrected chi connectivity index (χ2v) is 8.62. The summed E-state index contributed by atoms with van der Waals surface area (Å²) in [6.45, 7) is 3.09. The number of carbonyl (C=O) groups excluding carboxylic acids is 1. The molecule has 4 atom stereocenters. The summed E-state index contributed by atoms with van der Waals surface area (Å²) < 4.78 is 21.8. The van der Waals surface area contributed by atoms with Gasteiger partial charge < -0.3 is 24.1 Å². The summed E-state index contributed by atoms with van der Waals surface area (Å²) in [6, 6.07) is 13.1. The Morgan fingerprint density at radius 2 is 1.90 bits per heavy atom. The summed E-state index contributed by atoms with van der Waals surface area (Å²) in [4.78, 5) is 14.2. The Labute approximate surface area is 181 Å². The monoisotopic (exact) mass is 425 g/mol. The Bertz CT molecular complexity index is 963. The van der Waals surface area contributed by atoms with Gasteiger partial charge in [0.2, 0.25) is 6.79 Å². The average Bonchev–Trinajstić information content (AvgIpc) is 3.39. The van der Waals surface area contributed by atoms with E-state index in [0.29, 0.717) is 23.1 Å². The van der Waals surface area contributed by atoms with E-state index in [1.54, 1.807) is 18.2 Å². The first-order valence-electron chi connectivity index (χ1n) is 10.7. The van der Waals surface area contributed by atoms with E-state index in [0.717, 1.165) is 44.0 Å². The first kappa shape index (κ1) is 20.2. The largest absolute Gasteiger partial charge is 0.488 e. The van der Waals surface area contributed by atoms with Crippen LogP contribution < -0.4 is 14.2 Å². The van der Waals surface area contributed by atoms with Crippen LogP contribution in [0.3, 0.4) is 0 Å². The number of methoxy groups -OCH3 is 1. The second-order valence-electron chi connectivity index (χ2n) is 8.62. The number of aliphatic hydroxyl groups excluding tert-OH is 1. The highest BCUT2D eigenvalue weighted by Gasteiger charge is 2.42. The number of likely N-dealkylation sites (tertiary alicyclic amines) is 1. The van der Waals surface area contributed by atoms with Crippen molar-refractivity contribution in [3.05, 3.63) is 53.6 Å². The van der Waals surface area contributed by atoms with Crippen molar-refractivity contribution < 1.29 is 28.8 Å². The van der Waals surface area contributed by atoms with Gasteiger partial charge in [-0.1, -0.05) is 12.1 Å². The van der Waals surface area contributed by atoms with Crippen LogP contribution in [0.5, 0.6) is 17.2 Å². The maximum Gasteiger partial charge on any atom is 0.337 e. The topological polar surface area (TPSA) is 77.5 Å². The second kappa shape index (κ2) is 8.40. The van der Waals surface area contributed by atoms with Crippen molar-refractivity contribution in [2.75, 3.05) is 27.0 Å². The maximum absolute atomic E-state index is 11.8. The number of hydrogen-bond acceptors (Lipinski definition) is 7. The molecule has 2 aromatic rings. The molecule has 1 N–H and O–H groups in total. The van der Waals surface area contributed by atoms with Crippen LogP contribution in [0.25, 0.3) is 0 Å². The fourth-order valence-corrected chi connectivity index (χ4v) is 5.03. The van der Waals surface area contributed by atoms with Crippen molar-refractivity contribution >= 4 is 5.97 Å². The SMILES string of the molecule is COC(=O)c1cccc(O[C@@H]2C[C@@H]3CN(Cc4ccc5c(c4)OCO5)C[C@@H]3C[C@H]2O)c1. The molecule has 2 aromatic carbocycles. The van der Waals surface area contributed by atoms with E-state index in [4.69, 9.17) is 18.9 Å². The molecule has 2 fully saturated rings. The number of ether oxygens (including phenoxy) is 4. The summed E-state index contributed by atoms with van der Waals surface area (Å²) >= 11 is 0. The molecule has 7 heteroatoms. The zero-order valence-corrected chi connectivity index (χ0v) is 17.5. The number of rotatable bonds is 5. The highest BCUT2D eigenvalue weighted by atomic mass is 16.7. The molecule has 0 aromatic heterocycles. The summed E-state index contributed by atoms with van der Waals surface area (Å²) in [7, 11) is 1.36. The smallest absolute Gasteiger partial charge is 0.337 e. The molecule has 0 spiro atoms. The van der Waals surface area contributed by atoms with E-state index < -0.39 is 12.1 Å². The standard InChI is InChI=1S/C24H27NO6/c1-28-24(27)16-3-2-4-19(8-16)31-22-10-18-13-25(12-17(18)9-20(22)26)11-15-5-6-21-23(7-15)30-14-29-21/h2-8,17-18,20,22,26H,9-14H2,1H3/t17-,18+,20+,22+/m0/s1. The molecule has 3 aliphatic rings. The lowest BCUT2D eigenvalue weighted by atomic mass is 9.78. The van der Waals surface area contributed by atoms with Gasteiger partial charge in [0.05, 0.1) is 18.8 Å². The van der Waals surface area contributed by atoms with E-state index in [9.17, 15) is 9.90 Å². The predicted octanol–water partition coefficient (Wildman–Crippen LogP) is 2.85. The zero-order chi connectivity index (χ0) is 21.4. The average molecular weight is 425 g/mol. The third-order valence-corrected chi connectivity index (χ3v) is 6.55. The summed E-state index contributed by atoms with van der Waals surface area (Å²) in [6.07, 6.45) is 0.725. The normalized spacial score (nSPS) is 27.0. The molecule has 164 valence electrons. The van der Waals surface area contributed by atoms with Crippen LogP contribution in [0, 0.1) is 11.8 Å². The van der Waals surface area contributed by atoms with Gasteiger partial charge in [-0.15, -0.1) is 0 Å². The zero-order valence-electron chi connectivity index (χ0n) is 17.5. The lowest BCUT2D eigenvalue weighted by molar-refractivity contribution is -0.0231. The molecule has 1 saturated heterocycles. The van der Waals surface area contributed by atoms with Crippen molar-refractivity contribution in [2.45, 2.75) is 31.6 Å². The van der Waals surface area contributed by atoms with Gasteiger partial charge in [0.15, 0.2) is 11.5 Å². The third kappa shape index (κ3) is 4.20. The highest BCUT2D eigenvalue weighted by Crippen LogP contribution is 2.39. The Balaban J connectivity index is 1.21. The van der Waals surface area contributed by atoms with E-state index in [2.05, 4.69) is 17.0 Å². The molecule has 0 unspecified atom stereocenters. The Morgan fingerprint density at radius 3 is 2.74 bits per heavy atom. The van der Waals surface area contributed by atoms with Gasteiger partial charge in [-0.25, -0.2) is 4.79 Å². The van der Waals surface area contributed by atoms with Crippen molar-refractivity contribution in [3.63, 3.8) is 0 Å². The number of nitrogens with zero attached hydrogens (tertiary/aromatic N) is 1. The molecule has 2 heterocycles. The predicted molar refractivity (Wildman–Crippen MR) is 112 cm³/mol. The molecule has 2 aliphatic heterocycles. The van der Waals surface area contributed by atoms with Crippen molar-refractivity contribution in [2.24, 2.45) is 11.8 Å². The third-order valence-electron chi connectivity index (χ3n) is 6.55. The van der Waals surface area contributed by atoms with Crippen molar-refractivity contribution in [1.29, 1.82) is 0 Å². The minimum atomic E-state index is -0.520. The minimum Gasteiger partial charge on any atom is -0.488 e. The van der Waals surface area contributed by atoms with Gasteiger partial charge in [0.25, 0.3) is 0 Å². The van der Waals surface area contributed by atoms with E-state index in [1.165, 1.54) is 12.7 Å². The molecule has 5 rings (SSSR count). The lowest BCUT2D eigenvalue weighted by Crippen LogP contribution is -2.42. The van der Waals surface area contributed by atoms with Gasteiger partial charge in [-0.05, 0) is 60.6 Å². The van der Waals surface area contributed by atoms with Gasteiger partial charge in [0, 0.05) is 19.6 Å². The summed E-state index contributed by atoms with van der Waals surface area (Å²) in [5.41, 5.74) is 1.65. The van der Waals surface area contributed by atoms with Gasteiger partial charge in [0.1, 0.15) is 11.9 Å². The molecular weight excluding hydrogens is 398 g/mol. The van der Waals surface area contributed by atoms with Gasteiger partial charge in [-0.2, -0.15) is 0 Å². The molecule has 0 amide bonds. The summed E-state index contributed by atoms with van der Waals surface area (Å²) in [5, 5.41) is 10.7. The fraction of sp³-hybridized carbons (Fsp3) is 0.458. The molecule has 0 bridgehead atoms. The number of benzene rings is 2. The van der Waals surface area contributed by atoms with Crippen LogP contribution >= 0.6 is 0 Å². The Hall–Kier alpha value is -2.77. The van der Waals surface area contributed by atoms with Gasteiger partial charge in [-0.3, -0.25) is 4.90 Å². The number of aliphatic hydroxyl groups is 1. The Kier molecular flexibility index (Phi) is 5.46. The minimum absolute atomic E-state index is 0.278. The molecule has 31 heavy (non-hydrogen) atoms. The lowest BCUT2D eigenvalue weighted by Gasteiger charge is -2.35. The molecule has 1 saturated carbocycles. The fourth-order valence-electron chi connectivity index (χ4n) is 5.03. The van der Waals surface area contributed by atoms with Crippen LogP contribution in [0.2, 0.25) is 0 Å². The first-order valence-corrected chi connectivity index (χ1v) is 10.7. The number of esters is 1. The highest BCUT2D eigenvalue weighted by molar-refractivity contribution is 5.89. The number of fused-ring (bicyclic) bond motifs is 2. The quantitative estimate of drug-likeness (QED) is 0.738. The summed E-state index contributed by atoms with van der Waals surface area (Å²) in [5.74, 6) is 2.74.